The maximum absolute atomic E-state index is 13.2. The molecule has 3 aromatic rings. The number of likely N-dealkylation sites (tertiary alicyclic amines) is 1. The highest BCUT2D eigenvalue weighted by molar-refractivity contribution is 5.33. The zero-order chi connectivity index (χ0) is 18.3. The Bertz CT molecular complexity index is 973. The van der Waals surface area contributed by atoms with Crippen LogP contribution < -0.4 is 5.56 Å². The minimum atomic E-state index is -0.218. The summed E-state index contributed by atoms with van der Waals surface area (Å²) in [5.41, 5.74) is 3.80. The maximum atomic E-state index is 13.2. The van der Waals surface area contributed by atoms with Gasteiger partial charge in [0.15, 0.2) is 0 Å². The van der Waals surface area contributed by atoms with Gasteiger partial charge in [-0.1, -0.05) is 30.3 Å². The summed E-state index contributed by atoms with van der Waals surface area (Å²) >= 11 is 0. The van der Waals surface area contributed by atoms with Crippen LogP contribution in [0.3, 0.4) is 0 Å². The summed E-state index contributed by atoms with van der Waals surface area (Å²) in [7, 11) is 1.92. The van der Waals surface area contributed by atoms with Crippen molar-refractivity contribution in [3.8, 4) is 5.69 Å². The minimum Gasteiger partial charge on any atom is -0.292 e. The topological polar surface area (TPSA) is 30.2 Å². The number of halogens is 1. The van der Waals surface area contributed by atoms with E-state index in [1.165, 1.54) is 12.1 Å². The molecule has 0 radical (unpaired) electrons. The quantitative estimate of drug-likeness (QED) is 0.719. The summed E-state index contributed by atoms with van der Waals surface area (Å²) in [6.07, 6.45) is 1.03. The molecule has 1 fully saturated rings. The normalized spacial score (nSPS) is 17.3. The van der Waals surface area contributed by atoms with Gasteiger partial charge < -0.3 is 0 Å². The van der Waals surface area contributed by atoms with Crippen molar-refractivity contribution in [2.24, 2.45) is 7.05 Å². The molecule has 1 saturated heterocycles. The summed E-state index contributed by atoms with van der Waals surface area (Å²) in [6, 6.07) is 16.6. The molecule has 0 spiro atoms. The molecule has 2 aromatic carbocycles. The minimum absolute atomic E-state index is 0.0287. The van der Waals surface area contributed by atoms with Crippen molar-refractivity contribution in [2.75, 3.05) is 6.54 Å². The lowest BCUT2D eigenvalue weighted by molar-refractivity contribution is 0.0812. The van der Waals surface area contributed by atoms with Crippen molar-refractivity contribution >= 4 is 0 Å². The van der Waals surface area contributed by atoms with E-state index in [2.05, 4.69) is 4.90 Å². The van der Waals surface area contributed by atoms with Gasteiger partial charge in [-0.2, -0.15) is 0 Å². The van der Waals surface area contributed by atoms with E-state index in [-0.39, 0.29) is 17.4 Å². The first-order chi connectivity index (χ1) is 12.6. The highest BCUT2D eigenvalue weighted by atomic mass is 19.1. The predicted molar refractivity (Wildman–Crippen MR) is 99.9 cm³/mol. The van der Waals surface area contributed by atoms with Gasteiger partial charge in [0.2, 0.25) is 0 Å². The molecule has 0 N–H and O–H groups in total. The van der Waals surface area contributed by atoms with Crippen LogP contribution in [0.1, 0.15) is 29.3 Å². The molecule has 1 aliphatic heterocycles. The molecule has 1 atom stereocenters. The number of hydrogen-bond acceptors (Lipinski definition) is 2. The van der Waals surface area contributed by atoms with Gasteiger partial charge in [-0.05, 0) is 43.2 Å². The summed E-state index contributed by atoms with van der Waals surface area (Å²) in [6.45, 7) is 3.55. The second kappa shape index (κ2) is 6.57. The second-order valence-corrected chi connectivity index (χ2v) is 6.87. The standard InChI is InChI=1S/C21H22FN3O/c1-15-19(21(26)25(23(15)2)18-6-4-3-5-7-18)14-24-13-12-20(24)16-8-10-17(22)11-9-16/h3-11,20H,12-14H2,1-2H3. The SMILES string of the molecule is Cc1c(CN2CCC2c2ccc(F)cc2)c(=O)n(-c2ccccc2)n1C. The monoisotopic (exact) mass is 351 g/mol. The number of nitrogens with zero attached hydrogens (tertiary/aromatic N) is 3. The molecule has 5 heteroatoms. The molecule has 0 bridgehead atoms. The van der Waals surface area contributed by atoms with Gasteiger partial charge in [-0.25, -0.2) is 9.07 Å². The molecule has 0 saturated carbocycles. The maximum Gasteiger partial charge on any atom is 0.276 e. The third-order valence-electron chi connectivity index (χ3n) is 5.42. The third kappa shape index (κ3) is 2.78. The number of rotatable bonds is 4. The van der Waals surface area contributed by atoms with E-state index >= 15 is 0 Å². The molecule has 4 nitrogen and oxygen atoms in total. The number of aromatic nitrogens is 2. The number of para-hydroxylation sites is 1. The lowest BCUT2D eigenvalue weighted by Gasteiger charge is -2.41. The van der Waals surface area contributed by atoms with Crippen molar-refractivity contribution in [2.45, 2.75) is 25.9 Å². The van der Waals surface area contributed by atoms with Gasteiger partial charge >= 0.3 is 0 Å². The average molecular weight is 351 g/mol. The van der Waals surface area contributed by atoms with Crippen LogP contribution in [0.15, 0.2) is 59.4 Å². The molecule has 0 aliphatic carbocycles. The van der Waals surface area contributed by atoms with Crippen LogP contribution in [-0.4, -0.2) is 20.8 Å². The second-order valence-electron chi connectivity index (χ2n) is 6.87. The van der Waals surface area contributed by atoms with E-state index in [1.807, 2.05) is 61.1 Å². The molecule has 4 rings (SSSR count). The largest absolute Gasteiger partial charge is 0.292 e. The summed E-state index contributed by atoms with van der Waals surface area (Å²) < 4.78 is 16.8. The Morgan fingerprint density at radius 1 is 1.08 bits per heavy atom. The molecule has 1 unspecified atom stereocenters. The van der Waals surface area contributed by atoms with Crippen LogP contribution in [0.4, 0.5) is 4.39 Å². The van der Waals surface area contributed by atoms with E-state index in [0.29, 0.717) is 6.54 Å². The molecule has 1 aliphatic rings. The van der Waals surface area contributed by atoms with Crippen LogP contribution in [0.2, 0.25) is 0 Å². The first-order valence-electron chi connectivity index (χ1n) is 8.88. The van der Waals surface area contributed by atoms with Gasteiger partial charge in [-0.15, -0.1) is 0 Å². The van der Waals surface area contributed by atoms with Crippen LogP contribution in [0.25, 0.3) is 5.69 Å². The fourth-order valence-corrected chi connectivity index (χ4v) is 3.70. The third-order valence-corrected chi connectivity index (χ3v) is 5.42. The van der Waals surface area contributed by atoms with E-state index in [0.717, 1.165) is 35.5 Å². The van der Waals surface area contributed by atoms with Crippen LogP contribution >= 0.6 is 0 Å². The number of hydrogen-bond donors (Lipinski definition) is 0. The smallest absolute Gasteiger partial charge is 0.276 e. The average Bonchev–Trinajstić information content (AvgIpc) is 2.84. The zero-order valence-corrected chi connectivity index (χ0v) is 15.0. The Balaban J connectivity index is 1.63. The van der Waals surface area contributed by atoms with Crippen molar-refractivity contribution < 1.29 is 4.39 Å². The van der Waals surface area contributed by atoms with E-state index < -0.39 is 0 Å². The van der Waals surface area contributed by atoms with Crippen LogP contribution in [-0.2, 0) is 13.6 Å². The summed E-state index contributed by atoms with van der Waals surface area (Å²) in [5, 5.41) is 0. The number of benzene rings is 2. The van der Waals surface area contributed by atoms with Crippen molar-refractivity contribution in [1.29, 1.82) is 0 Å². The van der Waals surface area contributed by atoms with Gasteiger partial charge in [0.25, 0.3) is 5.56 Å². The fraction of sp³-hybridized carbons (Fsp3) is 0.286. The first kappa shape index (κ1) is 16.8. The van der Waals surface area contributed by atoms with Crippen molar-refractivity contribution in [1.82, 2.24) is 14.3 Å². The van der Waals surface area contributed by atoms with Crippen LogP contribution in [0, 0.1) is 12.7 Å². The Kier molecular flexibility index (Phi) is 4.24. The Labute approximate surface area is 152 Å². The molecular formula is C21H22FN3O. The van der Waals surface area contributed by atoms with E-state index in [1.54, 1.807) is 4.68 Å². The lowest BCUT2D eigenvalue weighted by atomic mass is 9.94. The van der Waals surface area contributed by atoms with E-state index in [4.69, 9.17) is 0 Å². The fourth-order valence-electron chi connectivity index (χ4n) is 3.70. The van der Waals surface area contributed by atoms with E-state index in [9.17, 15) is 9.18 Å². The first-order valence-corrected chi connectivity index (χ1v) is 8.88. The Morgan fingerprint density at radius 2 is 1.77 bits per heavy atom. The van der Waals surface area contributed by atoms with Gasteiger partial charge in [0, 0.05) is 31.9 Å². The van der Waals surface area contributed by atoms with Crippen molar-refractivity contribution in [3.63, 3.8) is 0 Å². The zero-order valence-electron chi connectivity index (χ0n) is 15.0. The predicted octanol–water partition coefficient (Wildman–Crippen LogP) is 3.57. The summed E-state index contributed by atoms with van der Waals surface area (Å²) in [5.74, 6) is -0.218. The lowest BCUT2D eigenvalue weighted by Crippen LogP contribution is -2.41. The molecule has 134 valence electrons. The van der Waals surface area contributed by atoms with Crippen LogP contribution in [0.5, 0.6) is 0 Å². The van der Waals surface area contributed by atoms with Gasteiger partial charge in [0.05, 0.1) is 11.3 Å². The highest BCUT2D eigenvalue weighted by Gasteiger charge is 2.31. The molecule has 26 heavy (non-hydrogen) atoms. The summed E-state index contributed by atoms with van der Waals surface area (Å²) in [4.78, 5) is 15.3. The molecule has 0 amide bonds. The Morgan fingerprint density at radius 3 is 2.38 bits per heavy atom. The highest BCUT2D eigenvalue weighted by Crippen LogP contribution is 2.34. The Hall–Kier alpha value is -2.66. The molecule has 2 heterocycles. The van der Waals surface area contributed by atoms with Gasteiger partial charge in [-0.3, -0.25) is 14.4 Å². The van der Waals surface area contributed by atoms with Crippen molar-refractivity contribution in [3.05, 3.63) is 87.6 Å². The molecular weight excluding hydrogens is 329 g/mol. The molecule has 1 aromatic heterocycles. The van der Waals surface area contributed by atoms with Gasteiger partial charge in [0.1, 0.15) is 5.82 Å².